The van der Waals surface area contributed by atoms with Gasteiger partial charge in [-0.3, -0.25) is 57.7 Å². The van der Waals surface area contributed by atoms with E-state index < -0.39 is 18.0 Å². The van der Waals surface area contributed by atoms with Crippen LogP contribution in [0.2, 0.25) is 0 Å². The molecule has 29 nitrogen and oxygen atoms in total. The number of rotatable bonds is 35. The molecule has 0 spiro atoms. The van der Waals surface area contributed by atoms with Crippen LogP contribution in [0.1, 0.15) is 146 Å². The molecule has 4 aliphatic rings. The summed E-state index contributed by atoms with van der Waals surface area (Å²) in [5.41, 5.74) is 26.3. The van der Waals surface area contributed by atoms with Crippen molar-refractivity contribution in [1.82, 2.24) is 90.4 Å². The summed E-state index contributed by atoms with van der Waals surface area (Å²) >= 11 is 0. The molecule has 628 valence electrons. The number of carbonyl (C=O) groups is 8. The third kappa shape index (κ3) is 19.8. The van der Waals surface area contributed by atoms with E-state index in [4.69, 9.17) is 25.7 Å². The Kier molecular flexibility index (Phi) is 25.2. The highest BCUT2D eigenvalue weighted by atomic mass is 16.2. The molecule has 12 aromatic rings. The van der Waals surface area contributed by atoms with Gasteiger partial charge in [-0.15, -0.1) is 10.2 Å². The predicted octanol–water partition coefficient (Wildman–Crippen LogP) is 11.3. The summed E-state index contributed by atoms with van der Waals surface area (Å²) in [7, 11) is 7.96. The molecular formula is C94H99N21O8. The number of carbonyl (C=O) groups excluding carboxylic acids is 8. The molecule has 7 amide bonds. The second-order valence-electron chi connectivity index (χ2n) is 32.6. The van der Waals surface area contributed by atoms with E-state index >= 15 is 0 Å². The Bertz CT molecular complexity index is 6020. The first-order chi connectivity index (χ1) is 59.7. The number of aromatic nitrogens is 10. The first kappa shape index (κ1) is 82.9. The molecule has 0 saturated carbocycles. The van der Waals surface area contributed by atoms with Crippen LogP contribution in [-0.4, -0.2) is 219 Å². The van der Waals surface area contributed by atoms with Gasteiger partial charge in [-0.2, -0.15) is 0 Å². The van der Waals surface area contributed by atoms with Gasteiger partial charge in [-0.05, 0) is 216 Å². The highest BCUT2D eigenvalue weighted by Gasteiger charge is 2.43. The highest BCUT2D eigenvalue weighted by Crippen LogP contribution is 2.38. The standard InChI is InChI=1S/C94H99N21O8/c1-109(2)41-10-14-85(116)61-20-22-62(23-21-61)88-101-77-38-34-69(50-81(77)103-88)67-33-37-76-72(49-67)53-80(100-76)60-18-28-65(29-19-60)91(120)97-55-74-57-113(108-106-74)44-11-42-111(58-86(95)117)93(122)83-12-9-46-115(83)94(123)84-13-8-45-114(84)87(118)15-6-5-7-43-112-56-73(105-107-112)54-98-92(121)66-30-24-63(25-31-66)89-102-78-39-35-70(51-82(78)104-89)68-32-36-75-71(48-68)52-79(99-75)59-16-26-64(27-17-59)90(119)96-40-47-110(3)4/h16-39,48-51,56-57,83-84H,5-15,40-47,52-55,58H2,1-4H3,(H2,95,117)(H,96,119)(H,97,120)(H,98,121)(H,101,103)(H,102,104)/t83-,84-/m0/s1. The molecule has 0 aliphatic carbocycles. The number of benzene rings is 8. The maximum absolute atomic E-state index is 14.4. The first-order valence-electron chi connectivity index (χ1n) is 42.2. The monoisotopic (exact) mass is 1650 g/mol. The first-order valence-corrected chi connectivity index (χ1v) is 42.2. The number of amides is 7. The van der Waals surface area contributed by atoms with Crippen molar-refractivity contribution in [3.05, 3.63) is 238 Å². The van der Waals surface area contributed by atoms with Crippen LogP contribution in [-0.2, 0) is 58.2 Å². The molecule has 2 saturated heterocycles. The lowest BCUT2D eigenvalue weighted by molar-refractivity contribution is -0.149. The van der Waals surface area contributed by atoms with Crippen molar-refractivity contribution in [2.24, 2.45) is 15.7 Å². The predicted molar refractivity (Wildman–Crippen MR) is 470 cm³/mol. The number of H-pyrrole nitrogens is 2. The van der Waals surface area contributed by atoms with Crippen LogP contribution in [0.25, 0.3) is 67.1 Å². The Balaban J connectivity index is 0.434. The summed E-state index contributed by atoms with van der Waals surface area (Å²) in [4.78, 5) is 142. The number of primary amides is 1. The molecule has 4 aromatic heterocycles. The molecular weight excluding hydrogens is 1550 g/mol. The van der Waals surface area contributed by atoms with Crippen LogP contribution in [0.3, 0.4) is 0 Å². The van der Waals surface area contributed by atoms with Crippen LogP contribution in [0.15, 0.2) is 192 Å². The Morgan fingerprint density at radius 2 is 0.927 bits per heavy atom. The average molecular weight is 1650 g/mol. The van der Waals surface area contributed by atoms with E-state index in [1.54, 1.807) is 55.8 Å². The van der Waals surface area contributed by atoms with Crippen molar-refractivity contribution in [3.8, 4) is 45.0 Å². The number of hydrogen-bond acceptors (Lipinski definition) is 18. The lowest BCUT2D eigenvalue weighted by Gasteiger charge is -2.33. The topological polar surface area (TPSA) is 358 Å². The van der Waals surface area contributed by atoms with Crippen LogP contribution in [0, 0.1) is 0 Å². The third-order valence-corrected chi connectivity index (χ3v) is 23.2. The smallest absolute Gasteiger partial charge is 0.251 e. The molecule has 8 heterocycles. The van der Waals surface area contributed by atoms with Crippen molar-refractivity contribution in [3.63, 3.8) is 0 Å². The summed E-state index contributed by atoms with van der Waals surface area (Å²) in [6.07, 6.45) is 11.0. The van der Waals surface area contributed by atoms with E-state index in [0.29, 0.717) is 130 Å². The van der Waals surface area contributed by atoms with Gasteiger partial charge in [0.15, 0.2) is 5.78 Å². The number of aryl methyl sites for hydroxylation is 2. The van der Waals surface area contributed by atoms with E-state index in [-0.39, 0.29) is 73.8 Å². The minimum Gasteiger partial charge on any atom is -0.368 e. The van der Waals surface area contributed by atoms with Crippen LogP contribution >= 0.6 is 0 Å². The maximum atomic E-state index is 14.4. The summed E-state index contributed by atoms with van der Waals surface area (Å²) in [5, 5.41) is 25.9. The summed E-state index contributed by atoms with van der Waals surface area (Å²) in [5.74, 6) is -0.520. The van der Waals surface area contributed by atoms with E-state index in [1.807, 2.05) is 124 Å². The number of unbranched alkanes of at least 4 members (excludes halogenated alkanes) is 2. The molecule has 0 unspecified atom stereocenters. The van der Waals surface area contributed by atoms with Gasteiger partial charge in [-0.1, -0.05) is 102 Å². The molecule has 8 aromatic carbocycles. The van der Waals surface area contributed by atoms with Gasteiger partial charge >= 0.3 is 0 Å². The van der Waals surface area contributed by atoms with E-state index in [0.717, 1.165) is 139 Å². The highest BCUT2D eigenvalue weighted by molar-refractivity contribution is 6.09. The number of fused-ring (bicyclic) bond motifs is 4. The van der Waals surface area contributed by atoms with Crippen molar-refractivity contribution >= 4 is 92.0 Å². The van der Waals surface area contributed by atoms with Crippen molar-refractivity contribution in [2.75, 3.05) is 74.0 Å². The van der Waals surface area contributed by atoms with Gasteiger partial charge in [0.05, 0.1) is 76.9 Å². The zero-order chi connectivity index (χ0) is 85.2. The number of Topliss-reactive ketones (excluding diaryl/α,β-unsaturated/α-hetero) is 1. The Hall–Kier alpha value is -13.8. The number of nitrogens with zero attached hydrogens (tertiary/aromatic N) is 15. The SMILES string of the molecule is CN(C)CCCC(=O)c1ccc(-c2nc3ccc(-c4ccc5c(c4)CC(c4ccc(C(=O)NCc6cn(CCCN(CC(N)=O)C(=O)[C@@H]7CCCN7C(=O)[C@@H]7CCCN7C(=O)CCCCCn7cc(CNC(=O)c8ccc(-c9nc%10ccc(-c%11ccc%12c(c%11)CC(c%11ccc(C(=O)NCCN(C)C)cc%11)=N%12)cc%10[nH]9)cc8)nn7)nn6)cc4)=N5)cc3[nH]2)cc1. The van der Waals surface area contributed by atoms with Gasteiger partial charge in [0.25, 0.3) is 17.7 Å². The fraction of sp³-hybridized carbons (Fsp3) is 0.319. The number of hydrogen-bond donors (Lipinski definition) is 6. The van der Waals surface area contributed by atoms with Crippen molar-refractivity contribution in [2.45, 2.75) is 122 Å². The zero-order valence-electron chi connectivity index (χ0n) is 69.5. The Morgan fingerprint density at radius 3 is 1.45 bits per heavy atom. The maximum Gasteiger partial charge on any atom is 0.251 e. The van der Waals surface area contributed by atoms with Crippen molar-refractivity contribution < 1.29 is 38.4 Å². The van der Waals surface area contributed by atoms with E-state index in [1.165, 1.54) is 4.90 Å². The lowest BCUT2D eigenvalue weighted by Crippen LogP contribution is -2.54. The normalized spacial score (nSPS) is 14.8. The van der Waals surface area contributed by atoms with Gasteiger partial charge in [0.2, 0.25) is 23.6 Å². The number of nitrogens with one attached hydrogen (secondary N) is 5. The molecule has 29 heteroatoms. The zero-order valence-corrected chi connectivity index (χ0v) is 69.5. The van der Waals surface area contributed by atoms with Crippen molar-refractivity contribution in [1.29, 1.82) is 0 Å². The van der Waals surface area contributed by atoms with Crippen LogP contribution in [0.5, 0.6) is 0 Å². The van der Waals surface area contributed by atoms with Gasteiger partial charge < -0.3 is 56.2 Å². The number of aliphatic imine (C=N–C) groups is 2. The second kappa shape index (κ2) is 37.5. The van der Waals surface area contributed by atoms with Gasteiger partial charge in [0.1, 0.15) is 35.1 Å². The molecule has 16 rings (SSSR count). The molecule has 123 heavy (non-hydrogen) atoms. The number of aromatic amines is 2. The Morgan fingerprint density at radius 1 is 0.463 bits per heavy atom. The van der Waals surface area contributed by atoms with Crippen LogP contribution in [0.4, 0.5) is 11.4 Å². The molecule has 0 radical (unpaired) electrons. The Labute approximate surface area is 711 Å². The number of imidazole rings is 2. The van der Waals surface area contributed by atoms with E-state index in [9.17, 15) is 38.4 Å². The largest absolute Gasteiger partial charge is 0.368 e. The number of likely N-dealkylation sites (N-methyl/N-ethyl adjacent to an activating group) is 1. The number of likely N-dealkylation sites (tertiary alicyclic amines) is 2. The number of ketones is 1. The third-order valence-electron chi connectivity index (χ3n) is 23.2. The van der Waals surface area contributed by atoms with Crippen LogP contribution < -0.4 is 21.7 Å². The summed E-state index contributed by atoms with van der Waals surface area (Å²) < 4.78 is 3.34. The fourth-order valence-electron chi connectivity index (χ4n) is 16.5. The summed E-state index contributed by atoms with van der Waals surface area (Å²) in [6, 6.07) is 53.3. The molecule has 0 bridgehead atoms. The van der Waals surface area contributed by atoms with E-state index in [2.05, 4.69) is 106 Å². The fourth-order valence-corrected chi connectivity index (χ4v) is 16.5. The number of nitrogens with two attached hydrogens (primary N) is 1. The second-order valence-corrected chi connectivity index (χ2v) is 32.6. The van der Waals surface area contributed by atoms with Gasteiger partial charge in [0, 0.05) is 105 Å². The average Bonchev–Trinajstić information content (AvgIpc) is 1.72. The lowest BCUT2D eigenvalue weighted by atomic mass is 9.98. The molecule has 2 fully saturated rings. The molecule has 4 aliphatic heterocycles. The quantitative estimate of drug-likeness (QED) is 0.0159. The van der Waals surface area contributed by atoms with Gasteiger partial charge in [-0.25, -0.2) is 9.97 Å². The summed E-state index contributed by atoms with van der Waals surface area (Å²) in [6.45, 7) is 4.03. The minimum atomic E-state index is -0.808. The molecule has 7 N–H and O–H groups in total. The minimum absolute atomic E-state index is 0.0933. The molecule has 2 atom stereocenters.